The van der Waals surface area contributed by atoms with E-state index in [1.165, 1.54) is 11.3 Å². The summed E-state index contributed by atoms with van der Waals surface area (Å²) in [5.41, 5.74) is 0.662. The maximum absolute atomic E-state index is 12.6. The van der Waals surface area contributed by atoms with Crippen LogP contribution in [0.1, 0.15) is 24.4 Å². The maximum atomic E-state index is 12.6. The number of carbonyl (C=O) groups is 3. The van der Waals surface area contributed by atoms with Crippen LogP contribution in [0.4, 0.5) is 5.13 Å². The average molecular weight is 450 g/mol. The average Bonchev–Trinajstić information content (AvgIpc) is 3.33. The molecular weight excluding hydrogens is 422 g/mol. The molecule has 0 saturated carbocycles. The minimum absolute atomic E-state index is 0.0147. The third-order valence-corrected chi connectivity index (χ3v) is 6.27. The van der Waals surface area contributed by atoms with Crippen LogP contribution < -0.4 is 10.6 Å². The van der Waals surface area contributed by atoms with Crippen molar-refractivity contribution < 1.29 is 14.4 Å². The molecule has 1 aliphatic rings. The Morgan fingerprint density at radius 3 is 2.53 bits per heavy atom. The van der Waals surface area contributed by atoms with E-state index in [9.17, 15) is 14.4 Å². The van der Waals surface area contributed by atoms with Crippen LogP contribution in [0.15, 0.2) is 22.9 Å². The monoisotopic (exact) mass is 449 g/mol. The molecule has 8 nitrogen and oxygen atoms in total. The predicted molar refractivity (Wildman–Crippen MR) is 119 cm³/mol. The summed E-state index contributed by atoms with van der Waals surface area (Å²) in [7, 11) is 0. The number of piperazine rings is 1. The van der Waals surface area contributed by atoms with Gasteiger partial charge in [0.25, 0.3) is 0 Å². The highest BCUT2D eigenvalue weighted by Gasteiger charge is 2.23. The van der Waals surface area contributed by atoms with Crippen molar-refractivity contribution in [3.63, 3.8) is 0 Å². The van der Waals surface area contributed by atoms with Gasteiger partial charge in [-0.3, -0.25) is 19.3 Å². The van der Waals surface area contributed by atoms with Crippen LogP contribution in [0.2, 0.25) is 0 Å². The van der Waals surface area contributed by atoms with Crippen molar-refractivity contribution in [2.24, 2.45) is 0 Å². The number of thiazole rings is 1. The van der Waals surface area contributed by atoms with Crippen LogP contribution in [-0.4, -0.2) is 71.3 Å². The number of hydrogen-bond donors (Lipinski definition) is 2. The molecule has 0 unspecified atom stereocenters. The van der Waals surface area contributed by atoms with Gasteiger partial charge in [0.05, 0.1) is 25.1 Å². The number of nitrogens with zero attached hydrogens (tertiary/aromatic N) is 3. The molecule has 2 aromatic rings. The van der Waals surface area contributed by atoms with E-state index < -0.39 is 0 Å². The lowest BCUT2D eigenvalue weighted by molar-refractivity contribution is -0.132. The van der Waals surface area contributed by atoms with Crippen LogP contribution in [0.5, 0.6) is 0 Å². The van der Waals surface area contributed by atoms with E-state index in [0.717, 1.165) is 4.88 Å². The Kier molecular flexibility index (Phi) is 7.94. The van der Waals surface area contributed by atoms with Crippen LogP contribution in [0.3, 0.4) is 0 Å². The summed E-state index contributed by atoms with van der Waals surface area (Å²) in [4.78, 5) is 45.8. The number of aromatic nitrogens is 1. The first kappa shape index (κ1) is 22.4. The van der Waals surface area contributed by atoms with Crippen LogP contribution in [0.25, 0.3) is 0 Å². The summed E-state index contributed by atoms with van der Waals surface area (Å²) in [6, 6.07) is 3.97. The molecule has 30 heavy (non-hydrogen) atoms. The van der Waals surface area contributed by atoms with Crippen molar-refractivity contribution in [1.82, 2.24) is 20.1 Å². The fourth-order valence-corrected chi connectivity index (χ4v) is 4.60. The van der Waals surface area contributed by atoms with Crippen molar-refractivity contribution in [3.8, 4) is 0 Å². The van der Waals surface area contributed by atoms with E-state index in [-0.39, 0.29) is 30.2 Å². The Labute approximate surface area is 184 Å². The number of carbonyl (C=O) groups excluding carboxylic acids is 3. The third-order valence-electron chi connectivity index (χ3n) is 4.59. The topological polar surface area (TPSA) is 94.6 Å². The van der Waals surface area contributed by atoms with Crippen molar-refractivity contribution in [2.45, 2.75) is 32.7 Å². The lowest BCUT2D eigenvalue weighted by Crippen LogP contribution is -2.51. The molecule has 0 spiro atoms. The van der Waals surface area contributed by atoms with Gasteiger partial charge in [-0.2, -0.15) is 0 Å². The summed E-state index contributed by atoms with van der Waals surface area (Å²) >= 11 is 2.87. The highest BCUT2D eigenvalue weighted by atomic mass is 32.1. The van der Waals surface area contributed by atoms with Gasteiger partial charge in [0.1, 0.15) is 0 Å². The van der Waals surface area contributed by atoms with Gasteiger partial charge < -0.3 is 15.5 Å². The highest BCUT2D eigenvalue weighted by Crippen LogP contribution is 2.18. The van der Waals surface area contributed by atoms with Crippen LogP contribution >= 0.6 is 22.7 Å². The minimum atomic E-state index is -0.109. The van der Waals surface area contributed by atoms with E-state index in [4.69, 9.17) is 0 Å². The Bertz CT molecular complexity index is 858. The number of hydrogen-bond acceptors (Lipinski definition) is 7. The largest absolute Gasteiger partial charge is 0.353 e. The lowest BCUT2D eigenvalue weighted by atomic mass is 10.2. The van der Waals surface area contributed by atoms with E-state index in [2.05, 4.69) is 20.5 Å². The molecule has 0 aromatic carbocycles. The first-order valence-electron chi connectivity index (χ1n) is 9.95. The van der Waals surface area contributed by atoms with E-state index in [0.29, 0.717) is 50.0 Å². The van der Waals surface area contributed by atoms with Gasteiger partial charge in [-0.15, -0.1) is 22.7 Å². The zero-order valence-corrected chi connectivity index (χ0v) is 18.9. The van der Waals surface area contributed by atoms with Gasteiger partial charge in [0.2, 0.25) is 17.7 Å². The molecule has 1 saturated heterocycles. The molecule has 3 rings (SSSR count). The number of amides is 3. The van der Waals surface area contributed by atoms with Crippen LogP contribution in [0, 0.1) is 0 Å². The standard InChI is InChI=1S/C20H27N5O3S2/c1-14(2)21-18(27)12-24-5-7-25(8-6-24)19(28)10-15-13-30-20(22-15)23-17(26)11-16-4-3-9-29-16/h3-4,9,13-14H,5-8,10-12H2,1-2H3,(H,21,27)(H,22,23,26). The zero-order valence-electron chi connectivity index (χ0n) is 17.2. The Hall–Kier alpha value is -2.30. The van der Waals surface area contributed by atoms with E-state index in [1.54, 1.807) is 11.3 Å². The first-order valence-corrected chi connectivity index (χ1v) is 11.7. The number of rotatable bonds is 8. The fourth-order valence-electron chi connectivity index (χ4n) is 3.17. The number of thiophene rings is 1. The summed E-state index contributed by atoms with van der Waals surface area (Å²) in [6.45, 7) is 6.79. The van der Waals surface area contributed by atoms with Crippen molar-refractivity contribution in [3.05, 3.63) is 33.5 Å². The van der Waals surface area contributed by atoms with Crippen molar-refractivity contribution in [1.29, 1.82) is 0 Å². The summed E-state index contributed by atoms with van der Waals surface area (Å²) in [5.74, 6) is -0.0775. The van der Waals surface area contributed by atoms with Crippen LogP contribution in [-0.2, 0) is 27.2 Å². The van der Waals surface area contributed by atoms with E-state index >= 15 is 0 Å². The second kappa shape index (κ2) is 10.6. The quantitative estimate of drug-likeness (QED) is 0.638. The molecule has 1 fully saturated rings. The molecule has 0 radical (unpaired) electrons. The summed E-state index contributed by atoms with van der Waals surface area (Å²) in [5, 5.41) is 9.95. The Balaban J connectivity index is 1.41. The van der Waals surface area contributed by atoms with Crippen molar-refractivity contribution >= 4 is 45.5 Å². The number of anilines is 1. The SMILES string of the molecule is CC(C)NC(=O)CN1CCN(C(=O)Cc2csc(NC(=O)Cc3cccs3)n2)CC1. The molecule has 162 valence electrons. The molecule has 0 atom stereocenters. The zero-order chi connectivity index (χ0) is 21.5. The second-order valence-corrected chi connectivity index (χ2v) is 9.39. The number of nitrogens with one attached hydrogen (secondary N) is 2. The minimum Gasteiger partial charge on any atom is -0.353 e. The molecule has 1 aliphatic heterocycles. The molecule has 3 amide bonds. The summed E-state index contributed by atoms with van der Waals surface area (Å²) < 4.78 is 0. The predicted octanol–water partition coefficient (Wildman–Crippen LogP) is 1.60. The van der Waals surface area contributed by atoms with Gasteiger partial charge in [-0.25, -0.2) is 4.98 Å². The molecular formula is C20H27N5O3S2. The third kappa shape index (κ3) is 6.89. The molecule has 3 heterocycles. The molecule has 2 aromatic heterocycles. The smallest absolute Gasteiger partial charge is 0.234 e. The van der Waals surface area contributed by atoms with Gasteiger partial charge in [-0.05, 0) is 25.3 Å². The second-order valence-electron chi connectivity index (χ2n) is 7.50. The summed E-state index contributed by atoms with van der Waals surface area (Å²) in [6.07, 6.45) is 0.538. The molecule has 10 heteroatoms. The van der Waals surface area contributed by atoms with E-state index in [1.807, 2.05) is 41.6 Å². The van der Waals surface area contributed by atoms with Gasteiger partial charge in [0.15, 0.2) is 5.13 Å². The first-order chi connectivity index (χ1) is 14.4. The lowest BCUT2D eigenvalue weighted by Gasteiger charge is -2.34. The van der Waals surface area contributed by atoms with Gasteiger partial charge >= 0.3 is 0 Å². The molecule has 0 bridgehead atoms. The highest BCUT2D eigenvalue weighted by molar-refractivity contribution is 7.14. The Morgan fingerprint density at radius 1 is 1.10 bits per heavy atom. The van der Waals surface area contributed by atoms with Gasteiger partial charge in [0, 0.05) is 42.5 Å². The molecule has 0 aliphatic carbocycles. The fraction of sp³-hybridized carbons (Fsp3) is 0.500. The van der Waals surface area contributed by atoms with Gasteiger partial charge in [-0.1, -0.05) is 6.07 Å². The Morgan fingerprint density at radius 2 is 1.87 bits per heavy atom. The normalized spacial score (nSPS) is 14.7. The maximum Gasteiger partial charge on any atom is 0.234 e. The molecule has 2 N–H and O–H groups in total. The van der Waals surface area contributed by atoms with Crippen molar-refractivity contribution in [2.75, 3.05) is 38.0 Å².